The summed E-state index contributed by atoms with van der Waals surface area (Å²) >= 11 is 1.51. The van der Waals surface area contributed by atoms with Gasteiger partial charge in [0.1, 0.15) is 10.8 Å². The van der Waals surface area contributed by atoms with Crippen LogP contribution in [0.5, 0.6) is 0 Å². The monoisotopic (exact) mass is 247 g/mol. The van der Waals surface area contributed by atoms with E-state index in [2.05, 4.69) is 29.2 Å². The number of rotatable bonds is 3. The molecule has 0 spiro atoms. The Morgan fingerprint density at radius 1 is 1.41 bits per heavy atom. The third kappa shape index (κ3) is 2.82. The molecule has 0 bridgehead atoms. The SMILES string of the molecule is Cc1ccc(-c2csc(C/C(N)=N\O)n2)cc1. The molecule has 5 heteroatoms. The van der Waals surface area contributed by atoms with Crippen LogP contribution in [0.3, 0.4) is 0 Å². The van der Waals surface area contributed by atoms with Crippen LogP contribution in [0.25, 0.3) is 11.3 Å². The van der Waals surface area contributed by atoms with Crippen molar-refractivity contribution >= 4 is 17.2 Å². The van der Waals surface area contributed by atoms with Crippen LogP contribution in [-0.4, -0.2) is 16.0 Å². The molecule has 0 amide bonds. The highest BCUT2D eigenvalue weighted by atomic mass is 32.1. The number of nitrogens with two attached hydrogens (primary N) is 1. The second-order valence-corrected chi connectivity index (χ2v) is 4.70. The number of aryl methyl sites for hydroxylation is 1. The lowest BCUT2D eigenvalue weighted by Crippen LogP contribution is -2.14. The summed E-state index contributed by atoms with van der Waals surface area (Å²) in [6.45, 7) is 2.05. The van der Waals surface area contributed by atoms with E-state index in [9.17, 15) is 0 Å². The third-order valence-corrected chi connectivity index (χ3v) is 3.21. The van der Waals surface area contributed by atoms with E-state index < -0.39 is 0 Å². The molecule has 0 aliphatic heterocycles. The number of thiazole rings is 1. The van der Waals surface area contributed by atoms with Crippen LogP contribution >= 0.6 is 11.3 Å². The molecule has 0 unspecified atom stereocenters. The Bertz CT molecular complexity index is 531. The largest absolute Gasteiger partial charge is 0.409 e. The van der Waals surface area contributed by atoms with Crippen LogP contribution in [0.1, 0.15) is 10.6 Å². The van der Waals surface area contributed by atoms with Crippen molar-refractivity contribution in [2.24, 2.45) is 10.9 Å². The molecular formula is C12H13N3OS. The van der Waals surface area contributed by atoms with E-state index >= 15 is 0 Å². The predicted molar refractivity (Wildman–Crippen MR) is 69.4 cm³/mol. The van der Waals surface area contributed by atoms with Gasteiger partial charge in [-0.3, -0.25) is 0 Å². The van der Waals surface area contributed by atoms with Crippen molar-refractivity contribution in [3.8, 4) is 11.3 Å². The lowest BCUT2D eigenvalue weighted by Gasteiger charge is -1.97. The first-order valence-corrected chi connectivity index (χ1v) is 6.05. The van der Waals surface area contributed by atoms with Gasteiger partial charge in [0.05, 0.1) is 12.1 Å². The molecule has 0 aliphatic carbocycles. The van der Waals surface area contributed by atoms with E-state index in [1.165, 1.54) is 16.9 Å². The Labute approximate surface area is 103 Å². The maximum atomic E-state index is 8.49. The molecule has 17 heavy (non-hydrogen) atoms. The average Bonchev–Trinajstić information content (AvgIpc) is 2.78. The quantitative estimate of drug-likeness (QED) is 0.378. The molecule has 4 nitrogen and oxygen atoms in total. The summed E-state index contributed by atoms with van der Waals surface area (Å²) in [4.78, 5) is 4.44. The predicted octanol–water partition coefficient (Wildman–Crippen LogP) is 2.41. The fourth-order valence-corrected chi connectivity index (χ4v) is 2.26. The van der Waals surface area contributed by atoms with Crippen LogP contribution in [-0.2, 0) is 6.42 Å². The Morgan fingerprint density at radius 2 is 2.12 bits per heavy atom. The molecule has 0 saturated carbocycles. The van der Waals surface area contributed by atoms with Gasteiger partial charge in [0.15, 0.2) is 0 Å². The van der Waals surface area contributed by atoms with Gasteiger partial charge < -0.3 is 10.9 Å². The summed E-state index contributed by atoms with van der Waals surface area (Å²) in [5.74, 6) is 0.176. The van der Waals surface area contributed by atoms with Gasteiger partial charge in [0, 0.05) is 10.9 Å². The minimum Gasteiger partial charge on any atom is -0.409 e. The highest BCUT2D eigenvalue weighted by Gasteiger charge is 2.06. The van der Waals surface area contributed by atoms with Gasteiger partial charge in [-0.1, -0.05) is 35.0 Å². The van der Waals surface area contributed by atoms with E-state index in [0.29, 0.717) is 6.42 Å². The smallest absolute Gasteiger partial charge is 0.146 e. The number of hydrogen-bond acceptors (Lipinski definition) is 4. The Hall–Kier alpha value is -1.88. The first kappa shape index (κ1) is 11.6. The lowest BCUT2D eigenvalue weighted by molar-refractivity contribution is 0.317. The van der Waals surface area contributed by atoms with Crippen molar-refractivity contribution in [1.29, 1.82) is 0 Å². The van der Waals surface area contributed by atoms with Gasteiger partial charge in [0.2, 0.25) is 0 Å². The molecule has 0 atom stereocenters. The second-order valence-electron chi connectivity index (χ2n) is 3.76. The van der Waals surface area contributed by atoms with Crippen LogP contribution in [0.15, 0.2) is 34.8 Å². The highest BCUT2D eigenvalue weighted by Crippen LogP contribution is 2.22. The van der Waals surface area contributed by atoms with E-state index in [1.807, 2.05) is 17.5 Å². The van der Waals surface area contributed by atoms with Crippen molar-refractivity contribution in [2.45, 2.75) is 13.3 Å². The highest BCUT2D eigenvalue weighted by molar-refractivity contribution is 7.10. The van der Waals surface area contributed by atoms with Crippen molar-refractivity contribution in [1.82, 2.24) is 4.98 Å². The van der Waals surface area contributed by atoms with Crippen LogP contribution in [0, 0.1) is 6.92 Å². The van der Waals surface area contributed by atoms with Crippen LogP contribution < -0.4 is 5.73 Å². The lowest BCUT2D eigenvalue weighted by atomic mass is 10.1. The molecule has 2 rings (SSSR count). The van der Waals surface area contributed by atoms with Crippen molar-refractivity contribution < 1.29 is 5.21 Å². The van der Waals surface area contributed by atoms with E-state index in [1.54, 1.807) is 0 Å². The minimum atomic E-state index is 0.176. The molecule has 3 N–H and O–H groups in total. The summed E-state index contributed by atoms with van der Waals surface area (Å²) in [5, 5.41) is 14.2. The zero-order valence-corrected chi connectivity index (χ0v) is 10.2. The van der Waals surface area contributed by atoms with Gasteiger partial charge in [-0.25, -0.2) is 4.98 Å². The molecule has 1 aromatic carbocycles. The van der Waals surface area contributed by atoms with Crippen molar-refractivity contribution in [2.75, 3.05) is 0 Å². The Balaban J connectivity index is 2.21. The molecule has 2 aromatic rings. The molecule has 0 radical (unpaired) electrons. The van der Waals surface area contributed by atoms with Gasteiger partial charge in [-0.15, -0.1) is 11.3 Å². The number of benzene rings is 1. The molecular weight excluding hydrogens is 234 g/mol. The first-order chi connectivity index (χ1) is 8.19. The standard InChI is InChI=1S/C12H13N3OS/c1-8-2-4-9(5-3-8)10-7-17-12(14-10)6-11(13)15-16/h2-5,7,16H,6H2,1H3,(H2,13,15). The first-order valence-electron chi connectivity index (χ1n) is 5.17. The summed E-state index contributed by atoms with van der Waals surface area (Å²) in [7, 11) is 0. The third-order valence-electron chi connectivity index (χ3n) is 2.36. The number of amidine groups is 1. The summed E-state index contributed by atoms with van der Waals surface area (Å²) < 4.78 is 0. The van der Waals surface area contributed by atoms with Crippen LogP contribution in [0.2, 0.25) is 0 Å². The summed E-state index contributed by atoms with van der Waals surface area (Å²) in [6, 6.07) is 8.19. The number of aromatic nitrogens is 1. The summed E-state index contributed by atoms with van der Waals surface area (Å²) in [5.41, 5.74) is 8.67. The molecule has 1 aromatic heterocycles. The number of nitrogens with zero attached hydrogens (tertiary/aromatic N) is 2. The van der Waals surface area contributed by atoms with E-state index in [4.69, 9.17) is 10.9 Å². The molecule has 0 aliphatic rings. The Morgan fingerprint density at radius 3 is 2.76 bits per heavy atom. The molecule has 88 valence electrons. The number of hydrogen-bond donors (Lipinski definition) is 2. The van der Waals surface area contributed by atoms with Gasteiger partial charge in [0.25, 0.3) is 0 Å². The normalized spacial score (nSPS) is 11.7. The van der Waals surface area contributed by atoms with Gasteiger partial charge in [-0.2, -0.15) is 0 Å². The zero-order valence-electron chi connectivity index (χ0n) is 9.42. The van der Waals surface area contributed by atoms with Gasteiger partial charge >= 0.3 is 0 Å². The minimum absolute atomic E-state index is 0.176. The van der Waals surface area contributed by atoms with Crippen molar-refractivity contribution in [3.63, 3.8) is 0 Å². The fraction of sp³-hybridized carbons (Fsp3) is 0.167. The Kier molecular flexibility index (Phi) is 3.39. The average molecular weight is 247 g/mol. The fourth-order valence-electron chi connectivity index (χ4n) is 1.44. The molecule has 0 saturated heterocycles. The van der Waals surface area contributed by atoms with Gasteiger partial charge in [-0.05, 0) is 6.92 Å². The topological polar surface area (TPSA) is 71.5 Å². The second kappa shape index (κ2) is 4.97. The van der Waals surface area contributed by atoms with E-state index in [0.717, 1.165) is 16.3 Å². The molecule has 0 fully saturated rings. The van der Waals surface area contributed by atoms with Crippen molar-refractivity contribution in [3.05, 3.63) is 40.2 Å². The zero-order chi connectivity index (χ0) is 12.3. The maximum Gasteiger partial charge on any atom is 0.146 e. The number of oxime groups is 1. The maximum absolute atomic E-state index is 8.49. The van der Waals surface area contributed by atoms with Crippen LogP contribution in [0.4, 0.5) is 0 Å². The van der Waals surface area contributed by atoms with E-state index in [-0.39, 0.29) is 5.84 Å². The summed E-state index contributed by atoms with van der Waals surface area (Å²) in [6.07, 6.45) is 0.382. The molecule has 1 heterocycles.